The normalized spacial score (nSPS) is 23.6. The van der Waals surface area contributed by atoms with Crippen LogP contribution >= 0.6 is 0 Å². The summed E-state index contributed by atoms with van der Waals surface area (Å²) >= 11 is 0. The summed E-state index contributed by atoms with van der Waals surface area (Å²) in [6, 6.07) is 1.73. The number of likely N-dealkylation sites (tertiary alicyclic amines) is 1. The Morgan fingerprint density at radius 3 is 2.77 bits per heavy atom. The van der Waals surface area contributed by atoms with E-state index in [1.807, 2.05) is 0 Å². The number of piperidine rings is 1. The zero-order valence-electron chi connectivity index (χ0n) is 13.6. The first-order valence-electron chi connectivity index (χ1n) is 7.89. The van der Waals surface area contributed by atoms with Crippen molar-refractivity contribution in [2.45, 2.75) is 58.4 Å². The largest absolute Gasteiger partial charge is 0.480 e. The summed E-state index contributed by atoms with van der Waals surface area (Å²) in [5, 5.41) is 11.4. The molecule has 2 atom stereocenters. The number of hydrogen-bond donors (Lipinski definition) is 2. The molecule has 2 N–H and O–H groups in total. The Hall–Kier alpha value is -1.56. The minimum absolute atomic E-state index is 0.0820. The number of aliphatic carboxylic acids is 1. The van der Waals surface area contributed by atoms with Gasteiger partial charge in [0.25, 0.3) is 5.56 Å². The molecule has 6 heteroatoms. The highest BCUT2D eigenvalue weighted by molar-refractivity contribution is 5.69. The van der Waals surface area contributed by atoms with Gasteiger partial charge in [0.05, 0.1) is 6.54 Å². The SMILES string of the molecule is CC(C)(C)CCC1CC(c2cc(=O)[nH]o2)CCN1CC(=O)O. The summed E-state index contributed by atoms with van der Waals surface area (Å²) in [5.74, 6) is 0.0992. The first-order valence-corrected chi connectivity index (χ1v) is 7.89. The summed E-state index contributed by atoms with van der Waals surface area (Å²) in [7, 11) is 0. The second-order valence-electron chi connectivity index (χ2n) is 7.45. The van der Waals surface area contributed by atoms with Crippen molar-refractivity contribution in [1.29, 1.82) is 0 Å². The Morgan fingerprint density at radius 2 is 2.23 bits per heavy atom. The predicted octanol–water partition coefficient (Wildman–Crippen LogP) is 2.43. The number of nitrogens with zero attached hydrogens (tertiary/aromatic N) is 1. The van der Waals surface area contributed by atoms with Crippen LogP contribution in [0.15, 0.2) is 15.4 Å². The maximum absolute atomic E-state index is 11.2. The summed E-state index contributed by atoms with van der Waals surface area (Å²) in [4.78, 5) is 24.4. The highest BCUT2D eigenvalue weighted by Crippen LogP contribution is 2.34. The zero-order valence-corrected chi connectivity index (χ0v) is 13.6. The lowest BCUT2D eigenvalue weighted by atomic mass is 9.82. The minimum Gasteiger partial charge on any atom is -0.480 e. The van der Waals surface area contributed by atoms with Crippen LogP contribution in [0.1, 0.15) is 58.1 Å². The Balaban J connectivity index is 2.06. The van der Waals surface area contributed by atoms with E-state index in [0.29, 0.717) is 5.76 Å². The molecule has 0 amide bonds. The van der Waals surface area contributed by atoms with Gasteiger partial charge in [-0.2, -0.15) is 5.16 Å². The Kier molecular flexibility index (Phi) is 5.11. The molecule has 0 aliphatic carbocycles. The molecule has 2 unspecified atom stereocenters. The maximum atomic E-state index is 11.2. The van der Waals surface area contributed by atoms with Crippen LogP contribution in [0.3, 0.4) is 0 Å². The van der Waals surface area contributed by atoms with Crippen LogP contribution in [0, 0.1) is 5.41 Å². The van der Waals surface area contributed by atoms with E-state index in [4.69, 9.17) is 9.63 Å². The fourth-order valence-electron chi connectivity index (χ4n) is 3.14. The molecule has 1 saturated heterocycles. The molecule has 2 rings (SSSR count). The van der Waals surface area contributed by atoms with Crippen LogP contribution in [0.25, 0.3) is 0 Å². The number of aromatic amines is 1. The standard InChI is InChI=1S/C16H26N2O4/c1-16(2,3)6-4-12-8-11(13-9-14(19)17-22-13)5-7-18(12)10-15(20)21/h9,11-12H,4-8,10H2,1-3H3,(H,17,19)(H,20,21). The molecule has 2 heterocycles. The quantitative estimate of drug-likeness (QED) is 0.872. The van der Waals surface area contributed by atoms with E-state index in [1.165, 1.54) is 6.07 Å². The summed E-state index contributed by atoms with van der Waals surface area (Å²) in [5.41, 5.74) is 0.0110. The third-order valence-corrected chi connectivity index (χ3v) is 4.35. The van der Waals surface area contributed by atoms with Gasteiger partial charge in [0.2, 0.25) is 0 Å². The number of aromatic nitrogens is 1. The smallest absolute Gasteiger partial charge is 0.317 e. The third-order valence-electron chi connectivity index (χ3n) is 4.35. The van der Waals surface area contributed by atoms with Crippen LogP contribution in [0.4, 0.5) is 0 Å². The fraction of sp³-hybridized carbons (Fsp3) is 0.750. The molecule has 1 aliphatic heterocycles. The fourth-order valence-corrected chi connectivity index (χ4v) is 3.14. The number of hydrogen-bond acceptors (Lipinski definition) is 4. The van der Waals surface area contributed by atoms with Crippen molar-refractivity contribution >= 4 is 5.97 Å². The first kappa shape index (κ1) is 16.8. The van der Waals surface area contributed by atoms with Gasteiger partial charge in [-0.15, -0.1) is 0 Å². The average Bonchev–Trinajstić information content (AvgIpc) is 2.82. The Bertz CT molecular complexity index is 555. The van der Waals surface area contributed by atoms with Crippen molar-refractivity contribution < 1.29 is 14.4 Å². The number of carboxylic acid groups (broad SMARTS) is 1. The van der Waals surface area contributed by atoms with Gasteiger partial charge in [-0.1, -0.05) is 20.8 Å². The minimum atomic E-state index is -0.785. The molecular formula is C16H26N2O4. The molecule has 0 saturated carbocycles. The van der Waals surface area contributed by atoms with Gasteiger partial charge < -0.3 is 9.63 Å². The summed E-state index contributed by atoms with van der Waals surface area (Å²) in [6.07, 6.45) is 3.66. The van der Waals surface area contributed by atoms with Crippen LogP contribution < -0.4 is 5.56 Å². The van der Waals surface area contributed by atoms with E-state index in [1.54, 1.807) is 0 Å². The number of rotatable bonds is 5. The Morgan fingerprint density at radius 1 is 1.50 bits per heavy atom. The molecule has 1 fully saturated rings. The van der Waals surface area contributed by atoms with Crippen LogP contribution in [0.5, 0.6) is 0 Å². The first-order chi connectivity index (χ1) is 10.2. The molecule has 6 nitrogen and oxygen atoms in total. The second kappa shape index (κ2) is 6.69. The van der Waals surface area contributed by atoms with E-state index in [0.717, 1.165) is 32.2 Å². The highest BCUT2D eigenvalue weighted by atomic mass is 16.5. The predicted molar refractivity (Wildman–Crippen MR) is 83.0 cm³/mol. The molecular weight excluding hydrogens is 284 g/mol. The van der Waals surface area contributed by atoms with Crippen molar-refractivity contribution in [3.05, 3.63) is 22.2 Å². The van der Waals surface area contributed by atoms with Crippen LogP contribution in [0.2, 0.25) is 0 Å². The Labute approximate surface area is 130 Å². The van der Waals surface area contributed by atoms with E-state index in [9.17, 15) is 9.59 Å². The number of H-pyrrole nitrogens is 1. The molecule has 22 heavy (non-hydrogen) atoms. The molecule has 1 aliphatic rings. The van der Waals surface area contributed by atoms with E-state index >= 15 is 0 Å². The summed E-state index contributed by atoms with van der Waals surface area (Å²) in [6.45, 7) is 7.39. The van der Waals surface area contributed by atoms with Crippen molar-refractivity contribution in [1.82, 2.24) is 10.1 Å². The van der Waals surface area contributed by atoms with Gasteiger partial charge in [0.15, 0.2) is 0 Å². The van der Waals surface area contributed by atoms with Crippen molar-refractivity contribution in [2.24, 2.45) is 5.41 Å². The lowest BCUT2D eigenvalue weighted by Gasteiger charge is -2.39. The van der Waals surface area contributed by atoms with Gasteiger partial charge in [-0.25, -0.2) is 0 Å². The van der Waals surface area contributed by atoms with Crippen molar-refractivity contribution in [3.8, 4) is 0 Å². The summed E-state index contributed by atoms with van der Waals surface area (Å²) < 4.78 is 5.24. The molecule has 0 radical (unpaired) electrons. The van der Waals surface area contributed by atoms with Gasteiger partial charge in [0, 0.05) is 18.0 Å². The lowest BCUT2D eigenvalue weighted by Crippen LogP contribution is -2.44. The highest BCUT2D eigenvalue weighted by Gasteiger charge is 2.32. The van der Waals surface area contributed by atoms with Crippen LogP contribution in [-0.4, -0.2) is 40.3 Å². The molecule has 0 spiro atoms. The molecule has 1 aromatic heterocycles. The topological polar surface area (TPSA) is 86.5 Å². The number of carboxylic acids is 1. The van der Waals surface area contributed by atoms with E-state index < -0.39 is 5.97 Å². The van der Waals surface area contributed by atoms with Crippen LogP contribution in [-0.2, 0) is 4.79 Å². The lowest BCUT2D eigenvalue weighted by molar-refractivity contribution is -0.139. The van der Waals surface area contributed by atoms with Crippen molar-refractivity contribution in [2.75, 3.05) is 13.1 Å². The van der Waals surface area contributed by atoms with E-state index in [-0.39, 0.29) is 29.5 Å². The average molecular weight is 310 g/mol. The maximum Gasteiger partial charge on any atom is 0.317 e. The molecule has 0 bridgehead atoms. The number of carbonyl (C=O) groups is 1. The number of nitrogens with one attached hydrogen (secondary N) is 1. The van der Waals surface area contributed by atoms with E-state index in [2.05, 4.69) is 30.8 Å². The molecule has 1 aromatic rings. The van der Waals surface area contributed by atoms with Gasteiger partial charge in [-0.05, 0) is 37.6 Å². The van der Waals surface area contributed by atoms with Crippen molar-refractivity contribution in [3.63, 3.8) is 0 Å². The van der Waals surface area contributed by atoms with Gasteiger partial charge >= 0.3 is 5.97 Å². The molecule has 124 valence electrons. The zero-order chi connectivity index (χ0) is 16.3. The second-order valence-corrected chi connectivity index (χ2v) is 7.45. The van der Waals surface area contributed by atoms with Gasteiger partial charge in [0.1, 0.15) is 5.76 Å². The van der Waals surface area contributed by atoms with Gasteiger partial charge in [-0.3, -0.25) is 14.5 Å². The molecule has 0 aromatic carbocycles. The monoisotopic (exact) mass is 310 g/mol. The third kappa shape index (κ3) is 4.73.